The maximum atomic E-state index is 12.6. The minimum Gasteiger partial charge on any atom is -0.353 e. The first-order chi connectivity index (χ1) is 10.8. The van der Waals surface area contributed by atoms with E-state index in [9.17, 15) is 18.0 Å². The maximum absolute atomic E-state index is 12.6. The van der Waals surface area contributed by atoms with Crippen LogP contribution < -0.4 is 10.0 Å². The molecule has 0 spiro atoms. The molecule has 1 saturated heterocycles. The Morgan fingerprint density at radius 2 is 1.91 bits per heavy atom. The smallest absolute Gasteiger partial charge is 0.241 e. The zero-order valence-corrected chi connectivity index (χ0v) is 14.0. The summed E-state index contributed by atoms with van der Waals surface area (Å²) in [6, 6.07) is 6.99. The van der Waals surface area contributed by atoms with Gasteiger partial charge in [0.25, 0.3) is 0 Å². The number of nitrogens with zero attached hydrogens (tertiary/aromatic N) is 1. The predicted octanol–water partition coefficient (Wildman–Crippen LogP) is -0.0521. The van der Waals surface area contributed by atoms with E-state index in [0.717, 1.165) is 0 Å². The maximum Gasteiger partial charge on any atom is 0.241 e. The molecule has 1 aromatic carbocycles. The zero-order chi connectivity index (χ0) is 17.0. The van der Waals surface area contributed by atoms with Gasteiger partial charge in [0.05, 0.1) is 11.4 Å². The zero-order valence-electron chi connectivity index (χ0n) is 13.2. The summed E-state index contributed by atoms with van der Waals surface area (Å²) in [5.74, 6) is -0.863. The number of hydrogen-bond donors (Lipinski definition) is 2. The van der Waals surface area contributed by atoms with Crippen molar-refractivity contribution in [1.29, 1.82) is 0 Å². The van der Waals surface area contributed by atoms with E-state index in [1.807, 2.05) is 0 Å². The summed E-state index contributed by atoms with van der Waals surface area (Å²) in [6.07, 6.45) is 0. The van der Waals surface area contributed by atoms with Crippen molar-refractivity contribution in [2.75, 3.05) is 19.6 Å². The van der Waals surface area contributed by atoms with Crippen LogP contribution in [0.5, 0.6) is 0 Å². The topological polar surface area (TPSA) is 95.6 Å². The van der Waals surface area contributed by atoms with Crippen molar-refractivity contribution in [3.63, 3.8) is 0 Å². The molecule has 0 radical (unpaired) electrons. The first-order valence-electron chi connectivity index (χ1n) is 7.44. The van der Waals surface area contributed by atoms with Crippen LogP contribution in [0.4, 0.5) is 0 Å². The number of sulfonamides is 1. The second kappa shape index (κ2) is 7.10. The molecule has 0 aliphatic carbocycles. The van der Waals surface area contributed by atoms with Crippen LogP contribution in [-0.4, -0.2) is 50.8 Å². The van der Waals surface area contributed by atoms with Gasteiger partial charge in [0.15, 0.2) is 0 Å². The highest BCUT2D eigenvalue weighted by molar-refractivity contribution is 7.89. The number of amides is 2. The molecule has 0 unspecified atom stereocenters. The fraction of sp³-hybridized carbons (Fsp3) is 0.467. The fourth-order valence-corrected chi connectivity index (χ4v) is 3.69. The molecule has 7 nitrogen and oxygen atoms in total. The van der Waals surface area contributed by atoms with Gasteiger partial charge in [0.1, 0.15) is 6.04 Å². The molecule has 1 atom stereocenters. The van der Waals surface area contributed by atoms with Gasteiger partial charge in [0, 0.05) is 13.1 Å². The molecule has 1 aliphatic rings. The van der Waals surface area contributed by atoms with E-state index in [0.29, 0.717) is 13.1 Å². The molecule has 1 aliphatic heterocycles. The summed E-state index contributed by atoms with van der Waals surface area (Å²) in [4.78, 5) is 25.5. The third-order valence-corrected chi connectivity index (χ3v) is 5.08. The van der Waals surface area contributed by atoms with Gasteiger partial charge in [-0.15, -0.1) is 0 Å². The van der Waals surface area contributed by atoms with Crippen LogP contribution in [-0.2, 0) is 19.6 Å². The lowest BCUT2D eigenvalue weighted by molar-refractivity contribution is -0.140. The molecule has 23 heavy (non-hydrogen) atoms. The Morgan fingerprint density at radius 3 is 2.48 bits per heavy atom. The van der Waals surface area contributed by atoms with Crippen LogP contribution in [0.1, 0.15) is 13.8 Å². The summed E-state index contributed by atoms with van der Waals surface area (Å²) in [5.41, 5.74) is 0. The number of carbonyl (C=O) groups is 2. The SMILES string of the molecule is CC(C)[C@H](NS(=O)(=O)c1ccccc1)C(=O)N1CCNC(=O)C1. The first-order valence-corrected chi connectivity index (χ1v) is 8.92. The second-order valence-corrected chi connectivity index (χ2v) is 7.48. The van der Waals surface area contributed by atoms with E-state index in [4.69, 9.17) is 0 Å². The Labute approximate surface area is 136 Å². The highest BCUT2D eigenvalue weighted by Crippen LogP contribution is 2.13. The average molecular weight is 339 g/mol. The Balaban J connectivity index is 2.18. The molecule has 0 bridgehead atoms. The summed E-state index contributed by atoms with van der Waals surface area (Å²) in [7, 11) is -3.80. The fourth-order valence-electron chi connectivity index (χ4n) is 2.33. The number of piperazine rings is 1. The van der Waals surface area contributed by atoms with Gasteiger partial charge >= 0.3 is 0 Å². The molecule has 1 aromatic rings. The summed E-state index contributed by atoms with van der Waals surface area (Å²) < 4.78 is 27.3. The third-order valence-electron chi connectivity index (χ3n) is 3.62. The Bertz CT molecular complexity index is 673. The van der Waals surface area contributed by atoms with Crippen LogP contribution in [0.25, 0.3) is 0 Å². The Hall–Kier alpha value is -1.93. The van der Waals surface area contributed by atoms with Crippen molar-refractivity contribution < 1.29 is 18.0 Å². The lowest BCUT2D eigenvalue weighted by Gasteiger charge is -2.31. The Morgan fingerprint density at radius 1 is 1.26 bits per heavy atom. The Kier molecular flexibility index (Phi) is 5.38. The van der Waals surface area contributed by atoms with Gasteiger partial charge in [-0.3, -0.25) is 9.59 Å². The van der Waals surface area contributed by atoms with Crippen molar-refractivity contribution in [2.45, 2.75) is 24.8 Å². The molecular weight excluding hydrogens is 318 g/mol. The predicted molar refractivity (Wildman–Crippen MR) is 85.0 cm³/mol. The molecule has 1 heterocycles. The minimum absolute atomic E-state index is 0.0465. The molecule has 8 heteroatoms. The van der Waals surface area contributed by atoms with Gasteiger partial charge in [-0.1, -0.05) is 32.0 Å². The van der Waals surface area contributed by atoms with E-state index in [1.165, 1.54) is 17.0 Å². The molecule has 0 saturated carbocycles. The summed E-state index contributed by atoms with van der Waals surface area (Å²) in [6.45, 7) is 4.23. The summed E-state index contributed by atoms with van der Waals surface area (Å²) in [5, 5.41) is 2.64. The van der Waals surface area contributed by atoms with E-state index in [-0.39, 0.29) is 29.2 Å². The largest absolute Gasteiger partial charge is 0.353 e. The number of carbonyl (C=O) groups excluding carboxylic acids is 2. The van der Waals surface area contributed by atoms with Crippen molar-refractivity contribution >= 4 is 21.8 Å². The highest BCUT2D eigenvalue weighted by atomic mass is 32.2. The normalized spacial score (nSPS) is 17.0. The van der Waals surface area contributed by atoms with Gasteiger partial charge in [-0.25, -0.2) is 8.42 Å². The molecule has 126 valence electrons. The van der Waals surface area contributed by atoms with Crippen molar-refractivity contribution in [3.8, 4) is 0 Å². The number of rotatable bonds is 5. The molecule has 2 N–H and O–H groups in total. The van der Waals surface area contributed by atoms with Gasteiger partial charge in [0.2, 0.25) is 21.8 Å². The molecule has 1 fully saturated rings. The van der Waals surface area contributed by atoms with Gasteiger partial charge in [-0.2, -0.15) is 4.72 Å². The van der Waals surface area contributed by atoms with E-state index in [1.54, 1.807) is 32.0 Å². The first kappa shape index (κ1) is 17.4. The number of benzene rings is 1. The van der Waals surface area contributed by atoms with Gasteiger partial charge in [-0.05, 0) is 18.1 Å². The van der Waals surface area contributed by atoms with Crippen molar-refractivity contribution in [3.05, 3.63) is 30.3 Å². The highest BCUT2D eigenvalue weighted by Gasteiger charge is 2.33. The monoisotopic (exact) mass is 339 g/mol. The standard InChI is InChI=1S/C15H21N3O4S/c1-11(2)14(15(20)18-9-8-16-13(19)10-18)17-23(21,22)12-6-4-3-5-7-12/h3-7,11,14,17H,8-10H2,1-2H3,(H,16,19)/t14-/m0/s1. The van der Waals surface area contributed by atoms with Crippen molar-refractivity contribution in [1.82, 2.24) is 14.9 Å². The number of nitrogens with one attached hydrogen (secondary N) is 2. The third kappa shape index (κ3) is 4.29. The van der Waals surface area contributed by atoms with Crippen LogP contribution in [0.2, 0.25) is 0 Å². The molecule has 0 aromatic heterocycles. The number of hydrogen-bond acceptors (Lipinski definition) is 4. The molecular formula is C15H21N3O4S. The lowest BCUT2D eigenvalue weighted by atomic mass is 10.0. The van der Waals surface area contributed by atoms with E-state index >= 15 is 0 Å². The molecule has 2 amide bonds. The lowest BCUT2D eigenvalue weighted by Crippen LogP contribution is -2.57. The van der Waals surface area contributed by atoms with Crippen LogP contribution in [0.3, 0.4) is 0 Å². The molecule has 2 rings (SSSR count). The van der Waals surface area contributed by atoms with E-state index in [2.05, 4.69) is 10.0 Å². The van der Waals surface area contributed by atoms with Crippen LogP contribution in [0, 0.1) is 5.92 Å². The van der Waals surface area contributed by atoms with Crippen LogP contribution in [0.15, 0.2) is 35.2 Å². The van der Waals surface area contributed by atoms with Crippen LogP contribution >= 0.6 is 0 Å². The second-order valence-electron chi connectivity index (χ2n) is 5.77. The minimum atomic E-state index is -3.80. The quantitative estimate of drug-likeness (QED) is 0.786. The average Bonchev–Trinajstić information content (AvgIpc) is 2.52. The van der Waals surface area contributed by atoms with Gasteiger partial charge < -0.3 is 10.2 Å². The van der Waals surface area contributed by atoms with Crippen molar-refractivity contribution in [2.24, 2.45) is 5.92 Å². The van der Waals surface area contributed by atoms with E-state index < -0.39 is 16.1 Å². The summed E-state index contributed by atoms with van der Waals surface area (Å²) >= 11 is 0.